The van der Waals surface area contributed by atoms with Crippen molar-refractivity contribution in [1.82, 2.24) is 24.8 Å². The van der Waals surface area contributed by atoms with Gasteiger partial charge in [-0.15, -0.1) is 0 Å². The summed E-state index contributed by atoms with van der Waals surface area (Å²) in [6, 6.07) is 1.72. The van der Waals surface area contributed by atoms with Crippen molar-refractivity contribution in [2.24, 2.45) is 0 Å². The molecule has 1 fully saturated rings. The second-order valence-electron chi connectivity index (χ2n) is 5.78. The van der Waals surface area contributed by atoms with Gasteiger partial charge in [0.2, 0.25) is 0 Å². The van der Waals surface area contributed by atoms with Gasteiger partial charge in [-0.3, -0.25) is 9.78 Å². The number of anilines is 1. The number of ether oxygens (including phenoxy) is 1. The summed E-state index contributed by atoms with van der Waals surface area (Å²) in [6.45, 7) is 5.37. The molecule has 8 nitrogen and oxygen atoms in total. The van der Waals surface area contributed by atoms with Crippen molar-refractivity contribution in [3.05, 3.63) is 42.4 Å². The highest BCUT2D eigenvalue weighted by Crippen LogP contribution is 2.23. The van der Waals surface area contributed by atoms with Gasteiger partial charge in [0.25, 0.3) is 5.91 Å². The van der Waals surface area contributed by atoms with Crippen LogP contribution in [0.5, 0.6) is 0 Å². The van der Waals surface area contributed by atoms with E-state index in [4.69, 9.17) is 4.74 Å². The monoisotopic (exact) mass is 328 g/mol. The Morgan fingerprint density at radius 3 is 2.96 bits per heavy atom. The minimum absolute atomic E-state index is 0.192. The Hall–Kier alpha value is -2.61. The zero-order chi connectivity index (χ0) is 16.9. The van der Waals surface area contributed by atoms with Gasteiger partial charge in [-0.05, 0) is 19.9 Å². The molecule has 0 saturated carbocycles. The quantitative estimate of drug-likeness (QED) is 0.904. The van der Waals surface area contributed by atoms with Crippen molar-refractivity contribution in [3.8, 4) is 0 Å². The molecule has 1 aliphatic heterocycles. The van der Waals surface area contributed by atoms with Crippen LogP contribution in [0.15, 0.2) is 30.9 Å². The molecule has 24 heavy (non-hydrogen) atoms. The minimum Gasteiger partial charge on any atom is -0.377 e. The number of nitrogens with one attached hydrogen (secondary N) is 1. The predicted molar refractivity (Wildman–Crippen MR) is 87.4 cm³/mol. The lowest BCUT2D eigenvalue weighted by molar-refractivity contribution is -0.00552. The fraction of sp³-hybridized carbons (Fsp3) is 0.438. The van der Waals surface area contributed by atoms with Crippen molar-refractivity contribution in [2.75, 3.05) is 25.1 Å². The average Bonchev–Trinajstić information content (AvgIpc) is 2.61. The topological polar surface area (TPSA) is 93.1 Å². The van der Waals surface area contributed by atoms with Crippen LogP contribution in [-0.4, -0.2) is 56.5 Å². The maximum atomic E-state index is 12.7. The molecule has 0 spiro atoms. The first kappa shape index (κ1) is 16.3. The van der Waals surface area contributed by atoms with Crippen LogP contribution < -0.4 is 5.32 Å². The largest absolute Gasteiger partial charge is 0.377 e. The Bertz CT molecular complexity index is 694. The zero-order valence-corrected chi connectivity index (χ0v) is 13.7. The number of amides is 1. The molecule has 3 rings (SSSR count). The van der Waals surface area contributed by atoms with Gasteiger partial charge >= 0.3 is 0 Å². The van der Waals surface area contributed by atoms with Crippen LogP contribution in [0.3, 0.4) is 0 Å². The Morgan fingerprint density at radius 1 is 1.33 bits per heavy atom. The van der Waals surface area contributed by atoms with Gasteiger partial charge in [0.1, 0.15) is 17.6 Å². The molecule has 0 radical (unpaired) electrons. The smallest absolute Gasteiger partial charge is 0.274 e. The number of carbonyl (C=O) groups is 1. The normalized spacial score (nSPS) is 17.8. The van der Waals surface area contributed by atoms with Gasteiger partial charge in [0.15, 0.2) is 5.82 Å². The third kappa shape index (κ3) is 3.65. The zero-order valence-electron chi connectivity index (χ0n) is 13.7. The first-order valence-corrected chi connectivity index (χ1v) is 7.89. The van der Waals surface area contributed by atoms with Crippen LogP contribution in [0, 0.1) is 0 Å². The van der Waals surface area contributed by atoms with E-state index in [0.717, 1.165) is 5.82 Å². The van der Waals surface area contributed by atoms with Gasteiger partial charge in [-0.1, -0.05) is 0 Å². The molecular weight excluding hydrogens is 308 g/mol. The van der Waals surface area contributed by atoms with Crippen molar-refractivity contribution in [2.45, 2.75) is 25.9 Å². The lowest BCUT2D eigenvalue weighted by Crippen LogP contribution is -2.44. The highest BCUT2D eigenvalue weighted by molar-refractivity contribution is 5.92. The van der Waals surface area contributed by atoms with E-state index in [1.807, 2.05) is 19.9 Å². The molecule has 126 valence electrons. The van der Waals surface area contributed by atoms with Crippen molar-refractivity contribution in [1.29, 1.82) is 0 Å². The van der Waals surface area contributed by atoms with E-state index in [0.29, 0.717) is 31.3 Å². The molecule has 2 aromatic rings. The molecule has 1 amide bonds. The molecule has 8 heteroatoms. The summed E-state index contributed by atoms with van der Waals surface area (Å²) in [5, 5.41) is 3.24. The van der Waals surface area contributed by atoms with Crippen molar-refractivity contribution in [3.63, 3.8) is 0 Å². The molecule has 1 N–H and O–H groups in total. The van der Waals surface area contributed by atoms with Crippen molar-refractivity contribution < 1.29 is 9.53 Å². The van der Waals surface area contributed by atoms with Gasteiger partial charge in [-0.25, -0.2) is 15.0 Å². The number of carbonyl (C=O) groups excluding carboxylic acids is 1. The molecule has 0 bridgehead atoms. The van der Waals surface area contributed by atoms with E-state index in [9.17, 15) is 4.79 Å². The number of morpholine rings is 1. The Kier molecular flexibility index (Phi) is 4.95. The van der Waals surface area contributed by atoms with Crippen LogP contribution in [-0.2, 0) is 4.74 Å². The number of rotatable bonds is 4. The summed E-state index contributed by atoms with van der Waals surface area (Å²) in [5.74, 6) is 1.09. The van der Waals surface area contributed by atoms with E-state index in [1.54, 1.807) is 11.1 Å². The standard InChI is InChI=1S/C16H20N6O2/c1-11(2)20-14-3-4-19-15(21-14)13-10-24-8-7-22(13)16(23)12-9-17-5-6-18-12/h3-6,9,11,13H,7-8,10H2,1-2H3,(H,19,20,21)/t13-/m0/s1. The Balaban J connectivity index is 1.86. The molecule has 0 unspecified atom stereocenters. The van der Waals surface area contributed by atoms with E-state index in [1.165, 1.54) is 18.6 Å². The lowest BCUT2D eigenvalue weighted by atomic mass is 10.2. The fourth-order valence-electron chi connectivity index (χ4n) is 2.53. The van der Waals surface area contributed by atoms with Gasteiger partial charge in [0, 0.05) is 31.2 Å². The summed E-state index contributed by atoms with van der Waals surface area (Å²) < 4.78 is 5.54. The second kappa shape index (κ2) is 7.31. The SMILES string of the molecule is CC(C)Nc1ccnc([C@@H]2COCCN2C(=O)c2cnccn2)n1. The lowest BCUT2D eigenvalue weighted by Gasteiger charge is -2.34. The van der Waals surface area contributed by atoms with Gasteiger partial charge in [-0.2, -0.15) is 0 Å². The number of hydrogen-bond acceptors (Lipinski definition) is 7. The number of nitrogens with zero attached hydrogens (tertiary/aromatic N) is 5. The second-order valence-corrected chi connectivity index (χ2v) is 5.78. The van der Waals surface area contributed by atoms with Gasteiger partial charge in [0.05, 0.1) is 19.4 Å². The highest BCUT2D eigenvalue weighted by atomic mass is 16.5. The molecule has 0 aromatic carbocycles. The summed E-state index contributed by atoms with van der Waals surface area (Å²) in [4.78, 5) is 31.4. The maximum absolute atomic E-state index is 12.7. The first-order chi connectivity index (χ1) is 11.6. The molecule has 1 aliphatic rings. The van der Waals surface area contributed by atoms with Crippen LogP contribution in [0.25, 0.3) is 0 Å². The highest BCUT2D eigenvalue weighted by Gasteiger charge is 2.32. The summed E-state index contributed by atoms with van der Waals surface area (Å²) in [7, 11) is 0. The van der Waals surface area contributed by atoms with Gasteiger partial charge < -0.3 is 15.0 Å². The van der Waals surface area contributed by atoms with E-state index in [2.05, 4.69) is 25.3 Å². The first-order valence-electron chi connectivity index (χ1n) is 7.89. The molecule has 1 saturated heterocycles. The van der Waals surface area contributed by atoms with Crippen LogP contribution in [0.4, 0.5) is 5.82 Å². The Morgan fingerprint density at radius 2 is 2.21 bits per heavy atom. The van der Waals surface area contributed by atoms with Crippen LogP contribution in [0.1, 0.15) is 36.2 Å². The molecule has 3 heterocycles. The maximum Gasteiger partial charge on any atom is 0.274 e. The molecule has 1 atom stereocenters. The average molecular weight is 328 g/mol. The minimum atomic E-state index is -0.345. The van der Waals surface area contributed by atoms with Crippen molar-refractivity contribution >= 4 is 11.7 Å². The molecule has 0 aliphatic carbocycles. The fourth-order valence-corrected chi connectivity index (χ4v) is 2.53. The summed E-state index contributed by atoms with van der Waals surface area (Å²) in [6.07, 6.45) is 6.20. The van der Waals surface area contributed by atoms with Crippen LogP contribution >= 0.6 is 0 Å². The third-order valence-electron chi connectivity index (χ3n) is 3.58. The predicted octanol–water partition coefficient (Wildman–Crippen LogP) is 1.30. The number of hydrogen-bond donors (Lipinski definition) is 1. The summed E-state index contributed by atoms with van der Waals surface area (Å²) in [5.41, 5.74) is 0.306. The molecule has 2 aromatic heterocycles. The van der Waals surface area contributed by atoms with E-state index in [-0.39, 0.29) is 18.0 Å². The van der Waals surface area contributed by atoms with Crippen LogP contribution in [0.2, 0.25) is 0 Å². The summed E-state index contributed by atoms with van der Waals surface area (Å²) >= 11 is 0. The third-order valence-corrected chi connectivity index (χ3v) is 3.58. The Labute approximate surface area is 140 Å². The van der Waals surface area contributed by atoms with E-state index >= 15 is 0 Å². The molecular formula is C16H20N6O2. The number of aromatic nitrogens is 4. The van der Waals surface area contributed by atoms with E-state index < -0.39 is 0 Å².